The van der Waals surface area contributed by atoms with Gasteiger partial charge in [-0.25, -0.2) is 4.79 Å². The Kier molecular flexibility index (Phi) is 4.88. The van der Waals surface area contributed by atoms with Crippen molar-refractivity contribution in [2.75, 3.05) is 0 Å². The Morgan fingerprint density at radius 2 is 1.92 bits per heavy atom. The van der Waals surface area contributed by atoms with Gasteiger partial charge in [-0.3, -0.25) is 4.57 Å². The minimum Gasteiger partial charge on any atom is -0.464 e. The first kappa shape index (κ1) is 16.6. The molecule has 0 saturated heterocycles. The van der Waals surface area contributed by atoms with Gasteiger partial charge >= 0.3 is 6.09 Å². The van der Waals surface area contributed by atoms with Crippen LogP contribution in [0.2, 0.25) is 5.02 Å². The highest BCUT2D eigenvalue weighted by Gasteiger charge is 2.14. The molecule has 2 N–H and O–H groups in total. The van der Waals surface area contributed by atoms with Crippen LogP contribution in [-0.2, 0) is 13.0 Å². The summed E-state index contributed by atoms with van der Waals surface area (Å²) in [6.45, 7) is 2.85. The lowest BCUT2D eigenvalue weighted by Crippen LogP contribution is -2.27. The molecule has 0 unspecified atom stereocenters. The summed E-state index contributed by atoms with van der Waals surface area (Å²) in [7, 11) is 0. The maximum atomic E-state index is 11.4. The molecule has 0 amide bonds. The quantitative estimate of drug-likeness (QED) is 0.715. The number of rotatable bonds is 5. The average molecular weight is 343 g/mol. The molecule has 0 bridgehead atoms. The number of nitrogens with one attached hydrogen (secondary N) is 1. The summed E-state index contributed by atoms with van der Waals surface area (Å²) in [5.41, 5.74) is 2.92. The molecule has 2 aromatic carbocycles. The Labute approximate surface area is 145 Å². The molecule has 1 atom stereocenters. The second-order valence-corrected chi connectivity index (χ2v) is 6.37. The molecule has 0 aliphatic heterocycles. The minimum atomic E-state index is -0.959. The van der Waals surface area contributed by atoms with Gasteiger partial charge in [-0.15, -0.1) is 0 Å². The smallest absolute Gasteiger partial charge is 0.416 e. The number of para-hydroxylation sites is 1. The van der Waals surface area contributed by atoms with Gasteiger partial charge in [0.2, 0.25) is 0 Å². The minimum absolute atomic E-state index is 0.216. The van der Waals surface area contributed by atoms with Crippen LogP contribution in [0.25, 0.3) is 10.9 Å². The van der Waals surface area contributed by atoms with E-state index in [0.717, 1.165) is 34.5 Å². The number of aromatic nitrogens is 1. The van der Waals surface area contributed by atoms with Crippen LogP contribution in [0.15, 0.2) is 54.7 Å². The van der Waals surface area contributed by atoms with E-state index in [1.807, 2.05) is 48.5 Å². The van der Waals surface area contributed by atoms with E-state index in [-0.39, 0.29) is 6.04 Å². The lowest BCUT2D eigenvalue weighted by molar-refractivity contribution is 0.197. The summed E-state index contributed by atoms with van der Waals surface area (Å²) in [4.78, 5) is 11.4. The zero-order valence-corrected chi connectivity index (χ0v) is 14.1. The first-order chi connectivity index (χ1) is 11.5. The average Bonchev–Trinajstić information content (AvgIpc) is 2.93. The summed E-state index contributed by atoms with van der Waals surface area (Å²) in [6, 6.07) is 15.6. The van der Waals surface area contributed by atoms with E-state index in [2.05, 4.69) is 12.2 Å². The molecule has 1 aromatic heterocycles. The topological polar surface area (TPSA) is 54.3 Å². The number of nitrogens with zero attached hydrogens (tertiary/aromatic N) is 1. The molecule has 0 aliphatic carbocycles. The fourth-order valence-corrected chi connectivity index (χ4v) is 2.99. The summed E-state index contributed by atoms with van der Waals surface area (Å²) in [5, 5.41) is 14.5. The van der Waals surface area contributed by atoms with Crippen LogP contribution in [0.3, 0.4) is 0 Å². The van der Waals surface area contributed by atoms with Gasteiger partial charge in [-0.1, -0.05) is 41.9 Å². The van der Waals surface area contributed by atoms with Gasteiger partial charge in [0.15, 0.2) is 0 Å². The van der Waals surface area contributed by atoms with E-state index in [1.165, 1.54) is 10.1 Å². The maximum Gasteiger partial charge on any atom is 0.416 e. The van der Waals surface area contributed by atoms with Crippen molar-refractivity contribution in [3.8, 4) is 0 Å². The van der Waals surface area contributed by atoms with Gasteiger partial charge < -0.3 is 10.4 Å². The first-order valence-corrected chi connectivity index (χ1v) is 8.22. The van der Waals surface area contributed by atoms with Crippen molar-refractivity contribution in [2.45, 2.75) is 25.9 Å². The van der Waals surface area contributed by atoms with Crippen LogP contribution in [0, 0.1) is 0 Å². The molecule has 1 heterocycles. The predicted molar refractivity (Wildman–Crippen MR) is 96.8 cm³/mol. The third-order valence-electron chi connectivity index (χ3n) is 4.09. The molecule has 0 radical (unpaired) electrons. The number of hydrogen-bond donors (Lipinski definition) is 2. The van der Waals surface area contributed by atoms with Crippen LogP contribution in [0.4, 0.5) is 4.79 Å². The Hall–Kier alpha value is -2.30. The van der Waals surface area contributed by atoms with Gasteiger partial charge in [0, 0.05) is 29.2 Å². The van der Waals surface area contributed by atoms with Crippen molar-refractivity contribution in [3.63, 3.8) is 0 Å². The van der Waals surface area contributed by atoms with Crippen molar-refractivity contribution in [3.05, 3.63) is 70.9 Å². The van der Waals surface area contributed by atoms with E-state index in [0.29, 0.717) is 0 Å². The van der Waals surface area contributed by atoms with Crippen LogP contribution in [0.5, 0.6) is 0 Å². The largest absolute Gasteiger partial charge is 0.464 e. The normalized spacial score (nSPS) is 12.4. The third kappa shape index (κ3) is 3.61. The highest BCUT2D eigenvalue weighted by Crippen LogP contribution is 2.22. The maximum absolute atomic E-state index is 11.4. The lowest BCUT2D eigenvalue weighted by atomic mass is 10.1. The fraction of sp³-hybridized carbons (Fsp3) is 0.211. The fourth-order valence-electron chi connectivity index (χ4n) is 2.87. The Morgan fingerprint density at radius 1 is 1.21 bits per heavy atom. The molecule has 3 rings (SSSR count). The predicted octanol–water partition coefficient (Wildman–Crippen LogP) is 4.54. The number of fused-ring (bicyclic) bond motifs is 1. The van der Waals surface area contributed by atoms with Crippen LogP contribution in [-0.4, -0.2) is 21.8 Å². The van der Waals surface area contributed by atoms with Crippen molar-refractivity contribution in [1.29, 1.82) is 0 Å². The SMILES string of the molecule is C[C@H](Cc1cn(C(=O)O)c2ccccc12)NCc1ccc(Cl)cc1. The lowest BCUT2D eigenvalue weighted by Gasteiger charge is -2.13. The molecule has 0 saturated carbocycles. The second-order valence-electron chi connectivity index (χ2n) is 5.94. The zero-order valence-electron chi connectivity index (χ0n) is 13.4. The first-order valence-electron chi connectivity index (χ1n) is 7.84. The van der Waals surface area contributed by atoms with Crippen LogP contribution in [0.1, 0.15) is 18.1 Å². The number of carbonyl (C=O) groups is 1. The number of halogens is 1. The van der Waals surface area contributed by atoms with Gasteiger partial charge in [0.05, 0.1) is 5.52 Å². The monoisotopic (exact) mass is 342 g/mol. The number of carboxylic acid groups (broad SMARTS) is 1. The van der Waals surface area contributed by atoms with Crippen LogP contribution >= 0.6 is 11.6 Å². The summed E-state index contributed by atoms with van der Waals surface area (Å²) in [6.07, 6.45) is 1.52. The highest BCUT2D eigenvalue weighted by molar-refractivity contribution is 6.30. The van der Waals surface area contributed by atoms with E-state index in [1.54, 1.807) is 6.20 Å². The standard InChI is InChI=1S/C19H19ClN2O2/c1-13(21-11-14-6-8-16(20)9-7-14)10-15-12-22(19(23)24)18-5-3-2-4-17(15)18/h2-9,12-13,21H,10-11H2,1H3,(H,23,24)/t13-/m1/s1. The third-order valence-corrected chi connectivity index (χ3v) is 4.35. The highest BCUT2D eigenvalue weighted by atomic mass is 35.5. The Morgan fingerprint density at radius 3 is 2.62 bits per heavy atom. The molecule has 0 fully saturated rings. The molecule has 0 spiro atoms. The molecule has 24 heavy (non-hydrogen) atoms. The van der Waals surface area contributed by atoms with Gasteiger partial charge in [0.1, 0.15) is 0 Å². The van der Waals surface area contributed by atoms with Gasteiger partial charge in [-0.2, -0.15) is 0 Å². The molecular weight excluding hydrogens is 324 g/mol. The number of benzene rings is 2. The molecule has 124 valence electrons. The van der Waals surface area contributed by atoms with Gasteiger partial charge in [-0.05, 0) is 42.7 Å². The Bertz CT molecular complexity index is 855. The molecule has 0 aliphatic rings. The Balaban J connectivity index is 1.72. The number of hydrogen-bond acceptors (Lipinski definition) is 2. The zero-order chi connectivity index (χ0) is 17.1. The van der Waals surface area contributed by atoms with Crippen molar-refractivity contribution < 1.29 is 9.90 Å². The van der Waals surface area contributed by atoms with E-state index < -0.39 is 6.09 Å². The van der Waals surface area contributed by atoms with Crippen molar-refractivity contribution in [2.24, 2.45) is 0 Å². The second kappa shape index (κ2) is 7.07. The molecule has 4 nitrogen and oxygen atoms in total. The van der Waals surface area contributed by atoms with Gasteiger partial charge in [0.25, 0.3) is 0 Å². The summed E-state index contributed by atoms with van der Waals surface area (Å²) in [5.74, 6) is 0. The van der Waals surface area contributed by atoms with Crippen molar-refractivity contribution >= 4 is 28.6 Å². The molecule has 5 heteroatoms. The van der Waals surface area contributed by atoms with E-state index in [4.69, 9.17) is 11.6 Å². The van der Waals surface area contributed by atoms with Crippen molar-refractivity contribution in [1.82, 2.24) is 9.88 Å². The van der Waals surface area contributed by atoms with E-state index >= 15 is 0 Å². The molecular formula is C19H19ClN2O2. The molecule has 3 aromatic rings. The van der Waals surface area contributed by atoms with E-state index in [9.17, 15) is 9.90 Å². The van der Waals surface area contributed by atoms with Crippen LogP contribution < -0.4 is 5.32 Å². The summed E-state index contributed by atoms with van der Waals surface area (Å²) >= 11 is 5.89. The summed E-state index contributed by atoms with van der Waals surface area (Å²) < 4.78 is 1.29.